The van der Waals surface area contributed by atoms with Gasteiger partial charge in [0, 0.05) is 27.9 Å². The van der Waals surface area contributed by atoms with Gasteiger partial charge in [0.15, 0.2) is 6.04 Å². The van der Waals surface area contributed by atoms with Crippen molar-refractivity contribution in [2.75, 3.05) is 19.0 Å². The summed E-state index contributed by atoms with van der Waals surface area (Å²) < 4.78 is 22.7. The molecule has 276 valence electrons. The van der Waals surface area contributed by atoms with E-state index in [-0.39, 0.29) is 24.3 Å². The highest BCUT2D eigenvalue weighted by Crippen LogP contribution is 2.33. The second-order valence-corrected chi connectivity index (χ2v) is 13.1. The Bertz CT molecular complexity index is 2050. The highest BCUT2D eigenvalue weighted by atomic mass is 35.5. The van der Waals surface area contributed by atoms with E-state index in [4.69, 9.17) is 30.5 Å². The zero-order valence-corrected chi connectivity index (χ0v) is 30.6. The Kier molecular flexibility index (Phi) is 13.4. The molecule has 0 saturated heterocycles. The van der Waals surface area contributed by atoms with Crippen molar-refractivity contribution < 1.29 is 38.1 Å². The number of methoxy groups -OCH3 is 1. The Morgan fingerprint density at radius 1 is 0.943 bits per heavy atom. The zero-order valence-electron chi connectivity index (χ0n) is 29.8. The van der Waals surface area contributed by atoms with E-state index < -0.39 is 53.8 Å². The Labute approximate surface area is 311 Å². The molecular weight excluding hydrogens is 704 g/mol. The number of ether oxygens (including phenoxy) is 4. The number of carbonyl (C=O) groups excluding carboxylic acids is 4. The molecule has 2 atom stereocenters. The van der Waals surface area contributed by atoms with Crippen molar-refractivity contribution in [1.29, 1.82) is 5.26 Å². The fourth-order valence-corrected chi connectivity index (χ4v) is 5.27. The summed E-state index contributed by atoms with van der Waals surface area (Å²) in [6, 6.07) is 20.4. The lowest BCUT2D eigenvalue weighted by molar-refractivity contribution is -0.148. The van der Waals surface area contributed by atoms with Crippen molar-refractivity contribution >= 4 is 41.2 Å². The van der Waals surface area contributed by atoms with Crippen LogP contribution < -0.4 is 20.9 Å². The van der Waals surface area contributed by atoms with E-state index in [0.29, 0.717) is 27.4 Å². The number of esters is 2. The van der Waals surface area contributed by atoms with Crippen molar-refractivity contribution in [3.63, 3.8) is 0 Å². The maximum atomic E-state index is 13.4. The van der Waals surface area contributed by atoms with Crippen LogP contribution in [-0.4, -0.2) is 53.9 Å². The predicted molar refractivity (Wildman–Crippen MR) is 196 cm³/mol. The molecule has 0 radical (unpaired) electrons. The third-order valence-electron chi connectivity index (χ3n) is 7.65. The van der Waals surface area contributed by atoms with Crippen molar-refractivity contribution in [1.82, 2.24) is 9.88 Å². The molecule has 2 unspecified atom stereocenters. The van der Waals surface area contributed by atoms with Crippen LogP contribution in [0.2, 0.25) is 5.02 Å². The predicted octanol–water partition coefficient (Wildman–Crippen LogP) is 6.43. The largest absolute Gasteiger partial charge is 0.495 e. The number of hydrogen-bond donors (Lipinski definition) is 2. The number of hydrogen-bond acceptors (Lipinski definition) is 10. The molecule has 0 saturated carbocycles. The number of alkyl carbamates (subject to hydrolysis) is 1. The topological polar surface area (TPSA) is 175 Å². The number of aromatic nitrogens is 1. The third kappa shape index (κ3) is 10.9. The van der Waals surface area contributed by atoms with E-state index >= 15 is 0 Å². The maximum absolute atomic E-state index is 13.4. The number of carbonyl (C=O) groups is 4. The van der Waals surface area contributed by atoms with Crippen LogP contribution in [0.5, 0.6) is 5.75 Å². The quantitative estimate of drug-likeness (QED) is 0.115. The molecular formula is C39H39ClN4O9. The van der Waals surface area contributed by atoms with Gasteiger partial charge in [-0.05, 0) is 75.2 Å². The monoisotopic (exact) mass is 742 g/mol. The Morgan fingerprint density at radius 2 is 1.64 bits per heavy atom. The number of amides is 2. The van der Waals surface area contributed by atoms with E-state index in [0.717, 1.165) is 5.56 Å². The van der Waals surface area contributed by atoms with Crippen LogP contribution in [0.25, 0.3) is 11.1 Å². The van der Waals surface area contributed by atoms with Gasteiger partial charge < -0.3 is 29.6 Å². The summed E-state index contributed by atoms with van der Waals surface area (Å²) in [5, 5.41) is 15.1. The zero-order chi connectivity index (χ0) is 38.7. The summed E-state index contributed by atoms with van der Waals surface area (Å²) in [5.74, 6) is -1.89. The van der Waals surface area contributed by atoms with E-state index in [1.54, 1.807) is 70.2 Å². The SMILES string of the molecule is CCC(C(=O)Nc1ccc(C(=O)OCC(NC(=O)OC(C)(C)C)C(=O)OCc2ccccc2)cc1)n1cc(OC)c(-c2cc(Cl)ccc2C#N)cc1=O. The molecule has 2 amide bonds. The minimum atomic E-state index is -1.36. The van der Waals surface area contributed by atoms with Crippen LogP contribution in [0.4, 0.5) is 10.5 Å². The van der Waals surface area contributed by atoms with E-state index in [1.165, 1.54) is 48.2 Å². The van der Waals surface area contributed by atoms with Gasteiger partial charge in [-0.1, -0.05) is 48.9 Å². The highest BCUT2D eigenvalue weighted by Gasteiger charge is 2.28. The van der Waals surface area contributed by atoms with Crippen LogP contribution in [-0.2, 0) is 30.4 Å². The maximum Gasteiger partial charge on any atom is 0.408 e. The fourth-order valence-electron chi connectivity index (χ4n) is 5.10. The standard InChI is InChI=1S/C39H39ClN4O9/c1-6-32(44-21-33(50-5)30(19-34(44)45)29-18-27(40)15-12-26(29)20-41)35(46)42-28-16-13-25(14-17-28)36(47)52-23-31(43-38(49)53-39(2,3)4)37(48)51-22-24-10-8-7-9-11-24/h7-19,21,31-32H,6,22-23H2,1-5H3,(H,42,46)(H,43,49). The first-order valence-electron chi connectivity index (χ1n) is 16.5. The number of rotatable bonds is 13. The summed E-state index contributed by atoms with van der Waals surface area (Å²) in [7, 11) is 1.41. The molecule has 0 bridgehead atoms. The molecule has 2 N–H and O–H groups in total. The minimum absolute atomic E-state index is 0.0636. The van der Waals surface area contributed by atoms with Gasteiger partial charge >= 0.3 is 18.0 Å². The van der Waals surface area contributed by atoms with Gasteiger partial charge in [0.2, 0.25) is 5.91 Å². The molecule has 1 aromatic heterocycles. The number of pyridine rings is 1. The Hall–Kier alpha value is -6.13. The lowest BCUT2D eigenvalue weighted by atomic mass is 10.00. The second-order valence-electron chi connectivity index (χ2n) is 12.7. The number of anilines is 1. The second kappa shape index (κ2) is 17.9. The first-order valence-corrected chi connectivity index (χ1v) is 16.9. The van der Waals surface area contributed by atoms with Gasteiger partial charge in [0.25, 0.3) is 5.56 Å². The Morgan fingerprint density at radius 3 is 2.26 bits per heavy atom. The number of halogens is 1. The lowest BCUT2D eigenvalue weighted by Crippen LogP contribution is -2.47. The molecule has 4 aromatic rings. The molecule has 4 rings (SSSR count). The molecule has 13 nitrogen and oxygen atoms in total. The van der Waals surface area contributed by atoms with Gasteiger partial charge in [-0.25, -0.2) is 14.4 Å². The van der Waals surface area contributed by atoms with Crippen molar-refractivity contribution in [3.8, 4) is 22.9 Å². The summed E-state index contributed by atoms with van der Waals surface area (Å²) in [5.41, 5.74) is 0.846. The molecule has 53 heavy (non-hydrogen) atoms. The number of nitrogens with zero attached hydrogens (tertiary/aromatic N) is 2. The fraction of sp³-hybridized carbons (Fsp3) is 0.282. The summed E-state index contributed by atoms with van der Waals surface area (Å²) in [6.45, 7) is 6.11. The smallest absolute Gasteiger partial charge is 0.408 e. The van der Waals surface area contributed by atoms with Gasteiger partial charge in [-0.3, -0.25) is 14.2 Å². The molecule has 1 heterocycles. The van der Waals surface area contributed by atoms with Gasteiger partial charge in [0.05, 0.1) is 30.5 Å². The van der Waals surface area contributed by atoms with Crippen LogP contribution in [0.1, 0.15) is 61.6 Å². The van der Waals surface area contributed by atoms with Crippen LogP contribution in [0.15, 0.2) is 89.9 Å². The van der Waals surface area contributed by atoms with E-state index in [9.17, 15) is 29.2 Å². The van der Waals surface area contributed by atoms with Crippen molar-refractivity contribution in [2.45, 2.75) is 58.4 Å². The van der Waals surface area contributed by atoms with Crippen molar-refractivity contribution in [3.05, 3.63) is 117 Å². The average Bonchev–Trinajstić information content (AvgIpc) is 3.12. The number of nitriles is 1. The molecule has 0 aliphatic rings. The van der Waals surface area contributed by atoms with E-state index in [1.807, 2.05) is 6.07 Å². The average molecular weight is 743 g/mol. The normalized spacial score (nSPS) is 12.0. The third-order valence-corrected chi connectivity index (χ3v) is 7.89. The Balaban J connectivity index is 1.44. The first-order chi connectivity index (χ1) is 25.2. The molecule has 3 aromatic carbocycles. The summed E-state index contributed by atoms with van der Waals surface area (Å²) in [4.78, 5) is 65.0. The summed E-state index contributed by atoms with van der Waals surface area (Å²) >= 11 is 6.16. The number of benzene rings is 3. The molecule has 0 fully saturated rings. The van der Waals surface area contributed by atoms with E-state index in [2.05, 4.69) is 16.7 Å². The van der Waals surface area contributed by atoms with Crippen LogP contribution >= 0.6 is 11.6 Å². The van der Waals surface area contributed by atoms with Crippen molar-refractivity contribution in [2.24, 2.45) is 0 Å². The first kappa shape index (κ1) is 39.7. The van der Waals surface area contributed by atoms with Gasteiger partial charge in [-0.2, -0.15) is 5.26 Å². The van der Waals surface area contributed by atoms with Gasteiger partial charge in [0.1, 0.15) is 30.6 Å². The molecule has 0 aliphatic heterocycles. The molecule has 0 spiro atoms. The van der Waals surface area contributed by atoms with Crippen LogP contribution in [0.3, 0.4) is 0 Å². The van der Waals surface area contributed by atoms with Crippen LogP contribution in [0, 0.1) is 11.3 Å². The highest BCUT2D eigenvalue weighted by molar-refractivity contribution is 6.31. The summed E-state index contributed by atoms with van der Waals surface area (Å²) in [6.07, 6.45) is 0.757. The molecule has 14 heteroatoms. The molecule has 0 aliphatic carbocycles. The lowest BCUT2D eigenvalue weighted by Gasteiger charge is -2.23. The number of nitrogens with one attached hydrogen (secondary N) is 2. The minimum Gasteiger partial charge on any atom is -0.495 e. The van der Waals surface area contributed by atoms with Gasteiger partial charge in [-0.15, -0.1) is 0 Å².